The monoisotopic (exact) mass is 599 g/mol. The van der Waals surface area contributed by atoms with E-state index in [4.69, 9.17) is 9.26 Å². The molecular formula is C30H29F4N5O4. The minimum Gasteiger partial charge on any atom is -0.494 e. The van der Waals surface area contributed by atoms with Crippen molar-refractivity contribution < 1.29 is 36.4 Å². The maximum absolute atomic E-state index is 15.7. The molecule has 9 nitrogen and oxygen atoms in total. The van der Waals surface area contributed by atoms with Gasteiger partial charge in [-0.2, -0.15) is 4.98 Å². The molecule has 13 heteroatoms. The lowest BCUT2D eigenvalue weighted by Gasteiger charge is -2.25. The van der Waals surface area contributed by atoms with E-state index in [1.807, 2.05) is 32.6 Å². The Kier molecular flexibility index (Phi) is 7.67. The van der Waals surface area contributed by atoms with Gasteiger partial charge in [0.2, 0.25) is 0 Å². The number of rotatable bonds is 7. The van der Waals surface area contributed by atoms with E-state index in [-0.39, 0.29) is 28.8 Å². The van der Waals surface area contributed by atoms with Crippen LogP contribution in [0, 0.1) is 5.82 Å². The van der Waals surface area contributed by atoms with Gasteiger partial charge in [-0.25, -0.2) is 9.18 Å². The summed E-state index contributed by atoms with van der Waals surface area (Å²) in [6, 6.07) is 12.4. The molecule has 2 heterocycles. The van der Waals surface area contributed by atoms with Gasteiger partial charge in [0, 0.05) is 35.2 Å². The number of aromatic nitrogens is 2. The maximum Gasteiger partial charge on any atom is 0.573 e. The molecule has 4 aromatic rings. The predicted molar refractivity (Wildman–Crippen MR) is 153 cm³/mol. The smallest absolute Gasteiger partial charge is 0.494 e. The highest BCUT2D eigenvalue weighted by atomic mass is 19.4. The van der Waals surface area contributed by atoms with Gasteiger partial charge in [-0.05, 0) is 36.4 Å². The van der Waals surface area contributed by atoms with Gasteiger partial charge in [0.1, 0.15) is 17.3 Å². The van der Waals surface area contributed by atoms with Crippen LogP contribution in [-0.2, 0) is 5.41 Å². The summed E-state index contributed by atoms with van der Waals surface area (Å²) in [5, 5.41) is 9.42. The van der Waals surface area contributed by atoms with Crippen LogP contribution in [-0.4, -0.2) is 36.2 Å². The Morgan fingerprint density at radius 3 is 2.42 bits per heavy atom. The topological polar surface area (TPSA) is 102 Å². The molecule has 43 heavy (non-hydrogen) atoms. The van der Waals surface area contributed by atoms with Gasteiger partial charge >= 0.3 is 12.4 Å². The Hall–Kier alpha value is -4.81. The Bertz CT molecular complexity index is 1650. The second-order valence-corrected chi connectivity index (χ2v) is 10.9. The zero-order valence-corrected chi connectivity index (χ0v) is 24.0. The number of alkyl halides is 3. The predicted octanol–water partition coefficient (Wildman–Crippen LogP) is 7.98. The number of carbonyl (C=O) groups is 1. The third-order valence-electron chi connectivity index (χ3n) is 6.90. The number of nitrogens with zero attached hydrogens (tertiary/aromatic N) is 3. The first-order valence-electron chi connectivity index (χ1n) is 13.3. The Morgan fingerprint density at radius 2 is 1.79 bits per heavy atom. The van der Waals surface area contributed by atoms with Crippen LogP contribution in [0.1, 0.15) is 45.0 Å². The number of urea groups is 1. The molecule has 0 bridgehead atoms. The summed E-state index contributed by atoms with van der Waals surface area (Å²) < 4.78 is 68.1. The number of para-hydroxylation sites is 2. The number of hydrogen-bond donors (Lipinski definition) is 2. The minimum atomic E-state index is -4.82. The quantitative estimate of drug-likeness (QED) is 0.208. The zero-order valence-electron chi connectivity index (χ0n) is 24.0. The van der Waals surface area contributed by atoms with Crippen LogP contribution in [0.3, 0.4) is 0 Å². The molecular weight excluding hydrogens is 570 g/mol. The molecule has 0 atom stereocenters. The number of fused-ring (bicyclic) bond motifs is 1. The molecule has 1 aliphatic heterocycles. The molecule has 0 spiro atoms. The highest BCUT2D eigenvalue weighted by molar-refractivity contribution is 6.03. The van der Waals surface area contributed by atoms with Gasteiger partial charge in [0.25, 0.3) is 5.89 Å². The van der Waals surface area contributed by atoms with Gasteiger partial charge in [0.05, 0.1) is 29.7 Å². The third-order valence-corrected chi connectivity index (χ3v) is 6.90. The van der Waals surface area contributed by atoms with Crippen LogP contribution in [0.15, 0.2) is 59.1 Å². The fraction of sp³-hybridized carbons (Fsp3) is 0.300. The standard InChI is InChI=1S/C30H29F4N5O4/c1-16(2)26-37-27(43-38-26)23-19(31)14-22(41-5)25-24(23)29(3,4)15-39(25)21-9-7-6-8-20(21)36-28(40)35-17-10-12-18(13-11-17)42-30(32,33)34/h6-14,16H,15H2,1-5H3,(H2,35,36,40). The van der Waals surface area contributed by atoms with E-state index in [1.165, 1.54) is 25.3 Å². The second-order valence-electron chi connectivity index (χ2n) is 10.9. The molecule has 0 radical (unpaired) electrons. The fourth-order valence-corrected chi connectivity index (χ4v) is 5.08. The van der Waals surface area contributed by atoms with Crippen molar-refractivity contribution in [1.29, 1.82) is 0 Å². The Balaban J connectivity index is 1.48. The first kappa shape index (κ1) is 29.7. The van der Waals surface area contributed by atoms with E-state index in [1.54, 1.807) is 24.3 Å². The number of nitrogens with one attached hydrogen (secondary N) is 2. The molecule has 226 valence electrons. The Morgan fingerprint density at radius 1 is 1.09 bits per heavy atom. The number of amides is 2. The molecule has 1 aromatic heterocycles. The summed E-state index contributed by atoms with van der Waals surface area (Å²) in [4.78, 5) is 19.3. The van der Waals surface area contributed by atoms with Crippen LogP contribution < -0.4 is 25.0 Å². The number of hydrogen-bond acceptors (Lipinski definition) is 7. The van der Waals surface area contributed by atoms with Gasteiger partial charge in [-0.3, -0.25) is 0 Å². The van der Waals surface area contributed by atoms with E-state index in [0.29, 0.717) is 35.0 Å². The molecule has 5 rings (SSSR count). The molecule has 0 unspecified atom stereocenters. The number of benzene rings is 3. The molecule has 0 saturated carbocycles. The summed E-state index contributed by atoms with van der Waals surface area (Å²) in [7, 11) is 1.45. The summed E-state index contributed by atoms with van der Waals surface area (Å²) in [6.07, 6.45) is -4.82. The largest absolute Gasteiger partial charge is 0.573 e. The van der Waals surface area contributed by atoms with Crippen molar-refractivity contribution in [3.05, 3.63) is 71.8 Å². The molecule has 2 amide bonds. The van der Waals surface area contributed by atoms with Crippen molar-refractivity contribution >= 4 is 28.8 Å². The highest BCUT2D eigenvalue weighted by Gasteiger charge is 2.43. The van der Waals surface area contributed by atoms with Crippen LogP contribution in [0.25, 0.3) is 11.5 Å². The van der Waals surface area contributed by atoms with Crippen LogP contribution in [0.5, 0.6) is 11.5 Å². The minimum absolute atomic E-state index is 0.0216. The van der Waals surface area contributed by atoms with Crippen molar-refractivity contribution in [1.82, 2.24) is 10.1 Å². The van der Waals surface area contributed by atoms with E-state index in [0.717, 1.165) is 12.1 Å². The molecule has 1 aliphatic rings. The lowest BCUT2D eigenvalue weighted by atomic mass is 9.83. The number of carbonyl (C=O) groups excluding carboxylic acids is 1. The average Bonchev–Trinajstić information content (AvgIpc) is 3.52. The van der Waals surface area contributed by atoms with Crippen LogP contribution >= 0.6 is 0 Å². The maximum atomic E-state index is 15.7. The number of halogens is 4. The normalized spacial score (nSPS) is 14.0. The molecule has 0 fully saturated rings. The molecule has 2 N–H and O–H groups in total. The van der Waals surface area contributed by atoms with E-state index >= 15 is 4.39 Å². The van der Waals surface area contributed by atoms with Crippen molar-refractivity contribution in [3.63, 3.8) is 0 Å². The van der Waals surface area contributed by atoms with Crippen LogP contribution in [0.4, 0.5) is 45.1 Å². The zero-order chi connectivity index (χ0) is 31.1. The Labute approximate surface area is 244 Å². The summed E-state index contributed by atoms with van der Waals surface area (Å²) in [5.74, 6) is -0.202. The van der Waals surface area contributed by atoms with Gasteiger partial charge in [-0.1, -0.05) is 45.0 Å². The van der Waals surface area contributed by atoms with E-state index < -0.39 is 29.4 Å². The highest BCUT2D eigenvalue weighted by Crippen LogP contribution is 2.54. The van der Waals surface area contributed by atoms with Crippen molar-refractivity contribution in [2.45, 2.75) is 45.4 Å². The summed E-state index contributed by atoms with van der Waals surface area (Å²) in [5.41, 5.74) is 2.04. The number of anilines is 4. The van der Waals surface area contributed by atoms with Crippen molar-refractivity contribution in [3.8, 4) is 23.0 Å². The molecule has 0 saturated heterocycles. The fourth-order valence-electron chi connectivity index (χ4n) is 5.08. The third kappa shape index (κ3) is 6.06. The van der Waals surface area contributed by atoms with Gasteiger partial charge in [0.15, 0.2) is 5.82 Å². The number of ether oxygens (including phenoxy) is 2. The van der Waals surface area contributed by atoms with E-state index in [9.17, 15) is 18.0 Å². The second kappa shape index (κ2) is 11.1. The lowest BCUT2D eigenvalue weighted by molar-refractivity contribution is -0.274. The van der Waals surface area contributed by atoms with Gasteiger partial charge < -0.3 is 29.5 Å². The lowest BCUT2D eigenvalue weighted by Crippen LogP contribution is -2.27. The van der Waals surface area contributed by atoms with E-state index in [2.05, 4.69) is 25.5 Å². The summed E-state index contributed by atoms with van der Waals surface area (Å²) in [6.45, 7) is 8.13. The SMILES string of the molecule is COc1cc(F)c(-c2nc(C(C)C)no2)c2c1N(c1ccccc1NC(=O)Nc1ccc(OC(F)(F)F)cc1)CC2(C)C. The van der Waals surface area contributed by atoms with Crippen molar-refractivity contribution in [2.75, 3.05) is 29.2 Å². The molecule has 0 aliphatic carbocycles. The first-order valence-corrected chi connectivity index (χ1v) is 13.3. The van der Waals surface area contributed by atoms with Crippen molar-refractivity contribution in [2.24, 2.45) is 0 Å². The molecule has 3 aromatic carbocycles. The van der Waals surface area contributed by atoms with Crippen LogP contribution in [0.2, 0.25) is 0 Å². The average molecular weight is 600 g/mol. The first-order chi connectivity index (χ1) is 20.3. The number of methoxy groups -OCH3 is 1. The summed E-state index contributed by atoms with van der Waals surface area (Å²) >= 11 is 0. The van der Waals surface area contributed by atoms with Gasteiger partial charge in [-0.15, -0.1) is 13.2 Å².